The SMILES string of the molecule is O=C(c1ccc(NCCCc2ccccc2)nc1)N1CCc2ccccc21. The van der Waals surface area contributed by atoms with E-state index in [2.05, 4.69) is 40.6 Å². The molecule has 0 bridgehead atoms. The maximum atomic E-state index is 12.8. The Hall–Kier alpha value is -3.14. The van der Waals surface area contributed by atoms with Gasteiger partial charge in [-0.25, -0.2) is 4.98 Å². The van der Waals surface area contributed by atoms with Crippen LogP contribution < -0.4 is 10.2 Å². The van der Waals surface area contributed by atoms with Gasteiger partial charge >= 0.3 is 0 Å². The van der Waals surface area contributed by atoms with Gasteiger partial charge in [-0.1, -0.05) is 48.5 Å². The van der Waals surface area contributed by atoms with E-state index in [0.29, 0.717) is 5.56 Å². The standard InChI is InChI=1S/C23H23N3O/c27-23(26-16-14-19-10-4-5-11-21(19)26)20-12-13-22(25-17-20)24-15-6-9-18-7-2-1-3-8-18/h1-5,7-8,10-13,17H,6,9,14-16H2,(H,24,25). The van der Waals surface area contributed by atoms with Gasteiger partial charge in [0.15, 0.2) is 0 Å². The summed E-state index contributed by atoms with van der Waals surface area (Å²) in [5, 5.41) is 3.33. The molecule has 0 spiro atoms. The van der Waals surface area contributed by atoms with Gasteiger partial charge in [-0.15, -0.1) is 0 Å². The number of anilines is 2. The molecular weight excluding hydrogens is 334 g/mol. The quantitative estimate of drug-likeness (QED) is 0.668. The number of fused-ring (bicyclic) bond motifs is 1. The van der Waals surface area contributed by atoms with Crippen LogP contribution in [0.4, 0.5) is 11.5 Å². The molecule has 0 fully saturated rings. The van der Waals surface area contributed by atoms with E-state index in [-0.39, 0.29) is 5.91 Å². The number of benzene rings is 2. The number of aromatic nitrogens is 1. The molecule has 0 unspecified atom stereocenters. The lowest BCUT2D eigenvalue weighted by Crippen LogP contribution is -2.28. The molecule has 27 heavy (non-hydrogen) atoms. The highest BCUT2D eigenvalue weighted by atomic mass is 16.2. The summed E-state index contributed by atoms with van der Waals surface area (Å²) in [6.07, 6.45) is 4.66. The predicted molar refractivity (Wildman–Crippen MR) is 109 cm³/mol. The zero-order chi connectivity index (χ0) is 18.5. The molecule has 1 N–H and O–H groups in total. The first-order valence-electron chi connectivity index (χ1n) is 9.45. The zero-order valence-corrected chi connectivity index (χ0v) is 15.3. The lowest BCUT2D eigenvalue weighted by Gasteiger charge is -2.17. The molecule has 1 aliphatic heterocycles. The van der Waals surface area contributed by atoms with Crippen molar-refractivity contribution < 1.29 is 4.79 Å². The summed E-state index contributed by atoms with van der Waals surface area (Å²) in [7, 11) is 0. The van der Waals surface area contributed by atoms with Crippen LogP contribution in [-0.2, 0) is 12.8 Å². The van der Waals surface area contributed by atoms with Crippen molar-refractivity contribution in [3.05, 3.63) is 89.6 Å². The molecule has 0 aliphatic carbocycles. The Morgan fingerprint density at radius 3 is 2.63 bits per heavy atom. The van der Waals surface area contributed by atoms with Crippen LogP contribution in [0.2, 0.25) is 0 Å². The summed E-state index contributed by atoms with van der Waals surface area (Å²) in [4.78, 5) is 19.1. The fourth-order valence-corrected chi connectivity index (χ4v) is 3.48. The number of pyridine rings is 1. The minimum atomic E-state index is 0.0167. The Kier molecular flexibility index (Phi) is 5.15. The maximum Gasteiger partial charge on any atom is 0.259 e. The number of amides is 1. The van der Waals surface area contributed by atoms with Crippen molar-refractivity contribution in [3.8, 4) is 0 Å². The van der Waals surface area contributed by atoms with Crippen molar-refractivity contribution in [1.82, 2.24) is 4.98 Å². The zero-order valence-electron chi connectivity index (χ0n) is 15.3. The van der Waals surface area contributed by atoms with E-state index in [1.807, 2.05) is 41.3 Å². The number of carbonyl (C=O) groups is 1. The summed E-state index contributed by atoms with van der Waals surface area (Å²) in [5.41, 5.74) is 4.22. The normalized spacial score (nSPS) is 12.7. The predicted octanol–water partition coefficient (Wildman–Crippen LogP) is 4.33. The first-order chi connectivity index (χ1) is 13.3. The van der Waals surface area contributed by atoms with Crippen LogP contribution in [0.3, 0.4) is 0 Å². The van der Waals surface area contributed by atoms with Gasteiger partial charge in [-0.3, -0.25) is 4.79 Å². The van der Waals surface area contributed by atoms with Gasteiger partial charge in [-0.2, -0.15) is 0 Å². The minimum absolute atomic E-state index is 0.0167. The Balaban J connectivity index is 1.32. The molecule has 2 heterocycles. The summed E-state index contributed by atoms with van der Waals surface area (Å²) in [6.45, 7) is 1.59. The Morgan fingerprint density at radius 2 is 1.81 bits per heavy atom. The fraction of sp³-hybridized carbons (Fsp3) is 0.217. The highest BCUT2D eigenvalue weighted by molar-refractivity contribution is 6.07. The smallest absolute Gasteiger partial charge is 0.259 e. The number of rotatable bonds is 6. The number of hydrogen-bond donors (Lipinski definition) is 1. The van der Waals surface area contributed by atoms with Crippen LogP contribution in [-0.4, -0.2) is 24.0 Å². The summed E-state index contributed by atoms with van der Waals surface area (Å²) in [6, 6.07) is 22.3. The van der Waals surface area contributed by atoms with E-state index < -0.39 is 0 Å². The van der Waals surface area contributed by atoms with Crippen LogP contribution in [0.1, 0.15) is 27.9 Å². The second kappa shape index (κ2) is 8.04. The number of para-hydroxylation sites is 1. The van der Waals surface area contributed by atoms with Gasteiger partial charge in [0.1, 0.15) is 5.82 Å². The molecule has 4 rings (SSSR count). The third-order valence-corrected chi connectivity index (χ3v) is 4.93. The summed E-state index contributed by atoms with van der Waals surface area (Å²) in [5.74, 6) is 0.824. The van der Waals surface area contributed by atoms with E-state index in [1.54, 1.807) is 6.20 Å². The van der Waals surface area contributed by atoms with E-state index in [9.17, 15) is 4.79 Å². The largest absolute Gasteiger partial charge is 0.370 e. The molecule has 2 aromatic carbocycles. The van der Waals surface area contributed by atoms with E-state index >= 15 is 0 Å². The monoisotopic (exact) mass is 357 g/mol. The van der Waals surface area contributed by atoms with E-state index in [1.165, 1.54) is 11.1 Å². The van der Waals surface area contributed by atoms with Crippen molar-refractivity contribution in [3.63, 3.8) is 0 Å². The second-order valence-electron chi connectivity index (χ2n) is 6.78. The number of carbonyl (C=O) groups excluding carboxylic acids is 1. The van der Waals surface area contributed by atoms with E-state index in [0.717, 1.165) is 43.9 Å². The molecule has 4 heteroatoms. The summed E-state index contributed by atoms with van der Waals surface area (Å²) >= 11 is 0. The molecule has 0 saturated heterocycles. The first kappa shape index (κ1) is 17.3. The van der Waals surface area contributed by atoms with Gasteiger partial charge < -0.3 is 10.2 Å². The van der Waals surface area contributed by atoms with Crippen molar-refractivity contribution >= 4 is 17.4 Å². The maximum absolute atomic E-state index is 12.8. The van der Waals surface area contributed by atoms with Crippen LogP contribution in [0.5, 0.6) is 0 Å². The third-order valence-electron chi connectivity index (χ3n) is 4.93. The van der Waals surface area contributed by atoms with Gasteiger partial charge in [-0.05, 0) is 48.6 Å². The second-order valence-corrected chi connectivity index (χ2v) is 6.78. The number of hydrogen-bond acceptors (Lipinski definition) is 3. The highest BCUT2D eigenvalue weighted by Gasteiger charge is 2.25. The Bertz CT molecular complexity index is 906. The molecule has 136 valence electrons. The molecule has 1 amide bonds. The molecule has 3 aromatic rings. The lowest BCUT2D eigenvalue weighted by atomic mass is 10.1. The average molecular weight is 357 g/mol. The fourth-order valence-electron chi connectivity index (χ4n) is 3.48. The summed E-state index contributed by atoms with van der Waals surface area (Å²) < 4.78 is 0. The lowest BCUT2D eigenvalue weighted by molar-refractivity contribution is 0.0989. The Morgan fingerprint density at radius 1 is 1.00 bits per heavy atom. The van der Waals surface area contributed by atoms with Crippen LogP contribution >= 0.6 is 0 Å². The van der Waals surface area contributed by atoms with Crippen LogP contribution in [0, 0.1) is 0 Å². The van der Waals surface area contributed by atoms with Gasteiger partial charge in [0, 0.05) is 25.0 Å². The minimum Gasteiger partial charge on any atom is -0.370 e. The number of nitrogens with one attached hydrogen (secondary N) is 1. The molecule has 1 aliphatic rings. The van der Waals surface area contributed by atoms with Crippen molar-refractivity contribution in [1.29, 1.82) is 0 Å². The van der Waals surface area contributed by atoms with Gasteiger partial charge in [0.05, 0.1) is 5.56 Å². The number of nitrogens with zero attached hydrogens (tertiary/aromatic N) is 2. The molecule has 0 radical (unpaired) electrons. The third kappa shape index (κ3) is 4.00. The van der Waals surface area contributed by atoms with Crippen molar-refractivity contribution in [2.75, 3.05) is 23.3 Å². The Labute approximate surface area is 159 Å². The average Bonchev–Trinajstić information content (AvgIpc) is 3.16. The molecule has 0 saturated carbocycles. The van der Waals surface area contributed by atoms with Gasteiger partial charge in [0.2, 0.25) is 0 Å². The van der Waals surface area contributed by atoms with Crippen LogP contribution in [0.25, 0.3) is 0 Å². The molecule has 4 nitrogen and oxygen atoms in total. The van der Waals surface area contributed by atoms with Crippen LogP contribution in [0.15, 0.2) is 72.9 Å². The number of aryl methyl sites for hydroxylation is 1. The topological polar surface area (TPSA) is 45.2 Å². The van der Waals surface area contributed by atoms with Crippen molar-refractivity contribution in [2.45, 2.75) is 19.3 Å². The molecular formula is C23H23N3O. The first-order valence-corrected chi connectivity index (χ1v) is 9.45. The molecule has 0 atom stereocenters. The molecule has 1 aromatic heterocycles. The highest BCUT2D eigenvalue weighted by Crippen LogP contribution is 2.28. The van der Waals surface area contributed by atoms with E-state index in [4.69, 9.17) is 0 Å². The van der Waals surface area contributed by atoms with Crippen molar-refractivity contribution in [2.24, 2.45) is 0 Å². The van der Waals surface area contributed by atoms with Gasteiger partial charge in [0.25, 0.3) is 5.91 Å².